The van der Waals surface area contributed by atoms with Gasteiger partial charge in [-0.1, -0.05) is 24.6 Å². The van der Waals surface area contributed by atoms with Gasteiger partial charge >= 0.3 is 0 Å². The molecule has 140 valence electrons. The average Bonchev–Trinajstić information content (AvgIpc) is 2.94. The normalized spacial score (nSPS) is 13.9. The zero-order chi connectivity index (χ0) is 18.6. The van der Waals surface area contributed by atoms with Crippen molar-refractivity contribution in [3.8, 4) is 0 Å². The molecule has 2 aromatic heterocycles. The van der Waals surface area contributed by atoms with Gasteiger partial charge in [0.25, 0.3) is 5.56 Å². The van der Waals surface area contributed by atoms with Crippen molar-refractivity contribution in [1.82, 2.24) is 20.1 Å². The average molecular weight is 364 g/mol. The zero-order valence-corrected chi connectivity index (χ0v) is 15.3. The molecule has 6 nitrogen and oxygen atoms in total. The second-order valence-electron chi connectivity index (χ2n) is 7.13. The molecule has 0 unspecified atom stereocenters. The molecule has 4 rings (SSSR count). The number of carbonyl (C=O) groups is 1. The molecule has 6 heteroatoms. The minimum Gasteiger partial charge on any atom is -0.361 e. The van der Waals surface area contributed by atoms with E-state index in [1.165, 1.54) is 22.1 Å². The Hall–Kier alpha value is -2.89. The molecule has 0 atom stereocenters. The standard InChI is InChI=1S/C21H24N4O2/c26-20(22-11-10-16-13-23-19-9-5-4-7-17(16)19)14-25-21(27)12-15-6-2-1-3-8-18(15)24-25/h4-5,7,9,12-13,23H,1-3,6,8,10-11,14H2,(H,22,26). The number of carbonyl (C=O) groups excluding carboxylic acids is 1. The first-order chi connectivity index (χ1) is 13.2. The summed E-state index contributed by atoms with van der Waals surface area (Å²) in [6, 6.07) is 9.77. The third kappa shape index (κ3) is 3.94. The number of aromatic nitrogens is 3. The molecule has 27 heavy (non-hydrogen) atoms. The van der Waals surface area contributed by atoms with E-state index in [2.05, 4.69) is 21.5 Å². The van der Waals surface area contributed by atoms with Crippen LogP contribution in [0.15, 0.2) is 41.3 Å². The topological polar surface area (TPSA) is 79.8 Å². The van der Waals surface area contributed by atoms with Gasteiger partial charge in [0.15, 0.2) is 0 Å². The summed E-state index contributed by atoms with van der Waals surface area (Å²) in [6.45, 7) is 0.500. The number of hydrogen-bond donors (Lipinski definition) is 2. The lowest BCUT2D eigenvalue weighted by Crippen LogP contribution is -2.35. The third-order valence-electron chi connectivity index (χ3n) is 5.21. The molecule has 0 radical (unpaired) electrons. The Morgan fingerprint density at radius 2 is 2.04 bits per heavy atom. The van der Waals surface area contributed by atoms with Crippen LogP contribution >= 0.6 is 0 Å². The second-order valence-corrected chi connectivity index (χ2v) is 7.13. The van der Waals surface area contributed by atoms with Crippen LogP contribution in [0.25, 0.3) is 10.9 Å². The van der Waals surface area contributed by atoms with Crippen LogP contribution in [-0.4, -0.2) is 27.2 Å². The van der Waals surface area contributed by atoms with E-state index in [0.717, 1.165) is 48.9 Å². The summed E-state index contributed by atoms with van der Waals surface area (Å²) in [5.74, 6) is -0.182. The Kier molecular flexibility index (Phi) is 5.05. The number of aromatic amines is 1. The molecule has 1 aliphatic rings. The molecule has 1 aliphatic carbocycles. The van der Waals surface area contributed by atoms with E-state index in [4.69, 9.17) is 0 Å². The zero-order valence-electron chi connectivity index (χ0n) is 15.3. The summed E-state index contributed by atoms with van der Waals surface area (Å²) in [6.07, 6.45) is 7.88. The number of amides is 1. The molecule has 2 N–H and O–H groups in total. The monoisotopic (exact) mass is 364 g/mol. The highest BCUT2D eigenvalue weighted by atomic mass is 16.2. The van der Waals surface area contributed by atoms with Gasteiger partial charge in [-0.05, 0) is 49.3 Å². The van der Waals surface area contributed by atoms with Gasteiger partial charge in [-0.25, -0.2) is 4.68 Å². The lowest BCUT2D eigenvalue weighted by atomic mass is 10.1. The summed E-state index contributed by atoms with van der Waals surface area (Å²) in [5.41, 5.74) is 4.10. The predicted molar refractivity (Wildman–Crippen MR) is 105 cm³/mol. The highest BCUT2D eigenvalue weighted by molar-refractivity contribution is 5.83. The number of fused-ring (bicyclic) bond motifs is 2. The summed E-state index contributed by atoms with van der Waals surface area (Å²) >= 11 is 0. The highest BCUT2D eigenvalue weighted by Gasteiger charge is 2.14. The van der Waals surface area contributed by atoms with Gasteiger partial charge < -0.3 is 10.3 Å². The molecule has 3 aromatic rings. The van der Waals surface area contributed by atoms with Gasteiger partial charge in [-0.15, -0.1) is 0 Å². The molecular formula is C21H24N4O2. The summed E-state index contributed by atoms with van der Waals surface area (Å²) in [7, 11) is 0. The van der Waals surface area contributed by atoms with E-state index < -0.39 is 0 Å². The van der Waals surface area contributed by atoms with Crippen molar-refractivity contribution >= 4 is 16.8 Å². The van der Waals surface area contributed by atoms with Crippen molar-refractivity contribution < 1.29 is 4.79 Å². The SMILES string of the molecule is O=C(Cn1nc2c(cc1=O)CCCCC2)NCCc1c[nH]c2ccccc12. The highest BCUT2D eigenvalue weighted by Crippen LogP contribution is 2.18. The van der Waals surface area contributed by atoms with Crippen molar-refractivity contribution in [3.05, 3.63) is 63.7 Å². The van der Waals surface area contributed by atoms with E-state index in [1.54, 1.807) is 6.07 Å². The van der Waals surface area contributed by atoms with Gasteiger partial charge in [-0.2, -0.15) is 5.10 Å². The van der Waals surface area contributed by atoms with Crippen molar-refractivity contribution in [2.45, 2.75) is 45.1 Å². The van der Waals surface area contributed by atoms with Crippen LogP contribution in [0.2, 0.25) is 0 Å². The maximum atomic E-state index is 12.3. The fraction of sp³-hybridized carbons (Fsp3) is 0.381. The van der Waals surface area contributed by atoms with Crippen LogP contribution in [0.1, 0.15) is 36.1 Å². The lowest BCUT2D eigenvalue weighted by molar-refractivity contribution is -0.121. The third-order valence-corrected chi connectivity index (χ3v) is 5.21. The second kappa shape index (κ2) is 7.78. The van der Waals surface area contributed by atoms with E-state index >= 15 is 0 Å². The molecule has 0 saturated heterocycles. The number of H-pyrrole nitrogens is 1. The van der Waals surface area contributed by atoms with Crippen LogP contribution in [0.3, 0.4) is 0 Å². The maximum Gasteiger partial charge on any atom is 0.267 e. The first kappa shape index (κ1) is 17.5. The van der Waals surface area contributed by atoms with E-state index in [1.807, 2.05) is 24.4 Å². The first-order valence-electron chi connectivity index (χ1n) is 9.62. The molecule has 2 heterocycles. The van der Waals surface area contributed by atoms with E-state index in [-0.39, 0.29) is 18.0 Å². The summed E-state index contributed by atoms with van der Waals surface area (Å²) < 4.78 is 1.30. The van der Waals surface area contributed by atoms with Gasteiger partial charge in [-0.3, -0.25) is 9.59 Å². The first-order valence-corrected chi connectivity index (χ1v) is 9.62. The van der Waals surface area contributed by atoms with Crippen LogP contribution < -0.4 is 10.9 Å². The number of hydrogen-bond acceptors (Lipinski definition) is 3. The number of nitrogens with zero attached hydrogens (tertiary/aromatic N) is 2. The molecule has 0 aliphatic heterocycles. The molecule has 0 bridgehead atoms. The largest absolute Gasteiger partial charge is 0.361 e. The minimum absolute atomic E-state index is 0.0278. The van der Waals surface area contributed by atoms with Crippen molar-refractivity contribution in [3.63, 3.8) is 0 Å². The molecule has 0 saturated carbocycles. The molecule has 0 spiro atoms. The number of para-hydroxylation sites is 1. The fourth-order valence-corrected chi connectivity index (χ4v) is 3.76. The van der Waals surface area contributed by atoms with Gasteiger partial charge in [0.05, 0.1) is 5.69 Å². The summed E-state index contributed by atoms with van der Waals surface area (Å²) in [4.78, 5) is 27.8. The van der Waals surface area contributed by atoms with E-state index in [0.29, 0.717) is 6.54 Å². The van der Waals surface area contributed by atoms with Gasteiger partial charge in [0.2, 0.25) is 5.91 Å². The Morgan fingerprint density at radius 1 is 1.19 bits per heavy atom. The molecule has 0 fully saturated rings. The minimum atomic E-state index is -0.192. The number of rotatable bonds is 5. The van der Waals surface area contributed by atoms with Crippen LogP contribution in [-0.2, 0) is 30.6 Å². The van der Waals surface area contributed by atoms with Crippen LogP contribution in [0.4, 0.5) is 0 Å². The van der Waals surface area contributed by atoms with Crippen molar-refractivity contribution in [2.75, 3.05) is 6.54 Å². The van der Waals surface area contributed by atoms with Crippen LogP contribution in [0, 0.1) is 0 Å². The van der Waals surface area contributed by atoms with Crippen molar-refractivity contribution in [2.24, 2.45) is 0 Å². The number of benzene rings is 1. The quantitative estimate of drug-likeness (QED) is 0.682. The van der Waals surface area contributed by atoms with Gasteiger partial charge in [0, 0.05) is 29.7 Å². The number of aryl methyl sites for hydroxylation is 2. The Labute approximate surface area is 157 Å². The maximum absolute atomic E-state index is 12.3. The van der Waals surface area contributed by atoms with Gasteiger partial charge in [0.1, 0.15) is 6.54 Å². The molecular weight excluding hydrogens is 340 g/mol. The molecule has 1 aromatic carbocycles. The van der Waals surface area contributed by atoms with E-state index in [9.17, 15) is 9.59 Å². The summed E-state index contributed by atoms with van der Waals surface area (Å²) in [5, 5.41) is 8.53. The van der Waals surface area contributed by atoms with Crippen LogP contribution in [0.5, 0.6) is 0 Å². The lowest BCUT2D eigenvalue weighted by Gasteiger charge is -2.10. The predicted octanol–water partition coefficient (Wildman–Crippen LogP) is 2.35. The molecule has 1 amide bonds. The fourth-order valence-electron chi connectivity index (χ4n) is 3.76. The Morgan fingerprint density at radius 3 is 2.96 bits per heavy atom. The van der Waals surface area contributed by atoms with Crippen molar-refractivity contribution in [1.29, 1.82) is 0 Å². The Balaban J connectivity index is 1.37. The smallest absolute Gasteiger partial charge is 0.267 e. The number of nitrogens with one attached hydrogen (secondary N) is 2. The Bertz CT molecular complexity index is 1020.